The molecule has 1 heterocycles. The Morgan fingerprint density at radius 3 is 2.52 bits per heavy atom. The summed E-state index contributed by atoms with van der Waals surface area (Å²) in [4.78, 5) is 2.49. The first-order chi connectivity index (χ1) is 12.4. The summed E-state index contributed by atoms with van der Waals surface area (Å²) in [5.41, 5.74) is 3.18. The summed E-state index contributed by atoms with van der Waals surface area (Å²) in [5.74, 6) is 0.813. The minimum absolute atomic E-state index is 0.656. The topological polar surface area (TPSA) is 48.3 Å². The number of nitrogens with zero attached hydrogens (tertiary/aromatic N) is 2. The molecule has 0 aromatic heterocycles. The van der Waals surface area contributed by atoms with Gasteiger partial charge < -0.3 is 15.0 Å². The maximum atomic E-state index is 8.80. The molecule has 25 heavy (non-hydrogen) atoms. The highest BCUT2D eigenvalue weighted by molar-refractivity contribution is 5.70. The van der Waals surface area contributed by atoms with Crippen LogP contribution in [0.15, 0.2) is 48.5 Å². The monoisotopic (exact) mass is 335 g/mol. The van der Waals surface area contributed by atoms with Crippen LogP contribution in [0.4, 0.5) is 11.4 Å². The molecule has 4 nitrogen and oxygen atoms in total. The second-order valence-corrected chi connectivity index (χ2v) is 6.33. The van der Waals surface area contributed by atoms with E-state index in [0.29, 0.717) is 12.2 Å². The van der Waals surface area contributed by atoms with E-state index in [-0.39, 0.29) is 0 Å². The maximum absolute atomic E-state index is 8.80. The van der Waals surface area contributed by atoms with Crippen LogP contribution >= 0.6 is 0 Å². The van der Waals surface area contributed by atoms with Crippen molar-refractivity contribution in [1.29, 1.82) is 5.26 Å². The third-order valence-corrected chi connectivity index (χ3v) is 4.49. The highest BCUT2D eigenvalue weighted by atomic mass is 16.5. The Morgan fingerprint density at radius 2 is 1.76 bits per heavy atom. The van der Waals surface area contributed by atoms with Crippen LogP contribution in [0.1, 0.15) is 31.2 Å². The molecule has 1 saturated heterocycles. The number of hydrogen-bond acceptors (Lipinski definition) is 4. The van der Waals surface area contributed by atoms with Gasteiger partial charge in [0.25, 0.3) is 0 Å². The van der Waals surface area contributed by atoms with Crippen LogP contribution in [-0.4, -0.2) is 26.2 Å². The number of benzene rings is 2. The number of ether oxygens (including phenoxy) is 1. The summed E-state index contributed by atoms with van der Waals surface area (Å²) >= 11 is 0. The van der Waals surface area contributed by atoms with Crippen molar-refractivity contribution in [2.75, 3.05) is 36.5 Å². The molecule has 0 amide bonds. The van der Waals surface area contributed by atoms with Crippen molar-refractivity contribution in [3.05, 3.63) is 54.1 Å². The summed E-state index contributed by atoms with van der Waals surface area (Å²) < 4.78 is 5.73. The molecule has 3 rings (SSSR count). The van der Waals surface area contributed by atoms with Crippen LogP contribution in [0.2, 0.25) is 0 Å². The Kier molecular flexibility index (Phi) is 6.17. The number of nitrogens with one attached hydrogen (secondary N) is 1. The molecule has 1 N–H and O–H groups in total. The van der Waals surface area contributed by atoms with E-state index in [2.05, 4.69) is 40.6 Å². The van der Waals surface area contributed by atoms with Gasteiger partial charge in [0.2, 0.25) is 0 Å². The number of hydrogen-bond donors (Lipinski definition) is 1. The van der Waals surface area contributed by atoms with Gasteiger partial charge in [-0.05, 0) is 62.1 Å². The average Bonchev–Trinajstić information content (AvgIpc) is 2.69. The fourth-order valence-electron chi connectivity index (χ4n) is 3.14. The number of nitriles is 1. The SMILES string of the molecule is N#Cc1ccc(OCCCNc2ccccc2N2CCCCC2)cc1. The lowest BCUT2D eigenvalue weighted by Crippen LogP contribution is -2.30. The Balaban J connectivity index is 1.45. The number of para-hydroxylation sites is 2. The van der Waals surface area contributed by atoms with E-state index in [1.807, 2.05) is 12.1 Å². The second kappa shape index (κ2) is 8.98. The zero-order valence-electron chi connectivity index (χ0n) is 14.6. The Hall–Kier alpha value is -2.67. The van der Waals surface area contributed by atoms with Crippen molar-refractivity contribution in [1.82, 2.24) is 0 Å². The van der Waals surface area contributed by atoms with Gasteiger partial charge in [-0.25, -0.2) is 0 Å². The van der Waals surface area contributed by atoms with Crippen LogP contribution < -0.4 is 15.0 Å². The third-order valence-electron chi connectivity index (χ3n) is 4.49. The van der Waals surface area contributed by atoms with Gasteiger partial charge in [-0.1, -0.05) is 12.1 Å². The number of rotatable bonds is 7. The van der Waals surface area contributed by atoms with Crippen molar-refractivity contribution in [3.63, 3.8) is 0 Å². The molecule has 0 unspecified atom stereocenters. The quantitative estimate of drug-likeness (QED) is 0.761. The Labute approximate surface area is 150 Å². The van der Waals surface area contributed by atoms with Crippen LogP contribution in [0.5, 0.6) is 5.75 Å². The zero-order chi connectivity index (χ0) is 17.3. The van der Waals surface area contributed by atoms with E-state index in [4.69, 9.17) is 10.00 Å². The van der Waals surface area contributed by atoms with Crippen LogP contribution in [0.3, 0.4) is 0 Å². The molecule has 1 aliphatic heterocycles. The molecular weight excluding hydrogens is 310 g/mol. The molecule has 130 valence electrons. The normalized spacial score (nSPS) is 14.0. The standard InChI is InChI=1S/C21H25N3O/c22-17-18-9-11-19(12-10-18)25-16-6-13-23-20-7-2-3-8-21(20)24-14-4-1-5-15-24/h2-3,7-12,23H,1,4-6,13-16H2. The second-order valence-electron chi connectivity index (χ2n) is 6.33. The van der Waals surface area contributed by atoms with E-state index < -0.39 is 0 Å². The third kappa shape index (κ3) is 4.90. The predicted octanol–water partition coefficient (Wildman–Crippen LogP) is 4.43. The van der Waals surface area contributed by atoms with Crippen LogP contribution in [-0.2, 0) is 0 Å². The minimum Gasteiger partial charge on any atom is -0.494 e. The highest BCUT2D eigenvalue weighted by Gasteiger charge is 2.13. The average molecular weight is 335 g/mol. The highest BCUT2D eigenvalue weighted by Crippen LogP contribution is 2.28. The molecule has 0 bridgehead atoms. The van der Waals surface area contributed by atoms with Gasteiger partial charge in [0.15, 0.2) is 0 Å². The molecule has 0 aliphatic carbocycles. The molecule has 1 aliphatic rings. The first-order valence-electron chi connectivity index (χ1n) is 9.07. The molecule has 1 fully saturated rings. The minimum atomic E-state index is 0.656. The summed E-state index contributed by atoms with van der Waals surface area (Å²) in [6, 6.07) is 17.9. The lowest BCUT2D eigenvalue weighted by molar-refractivity contribution is 0.315. The van der Waals surface area contributed by atoms with Gasteiger partial charge in [0.05, 0.1) is 29.6 Å². The van der Waals surface area contributed by atoms with Gasteiger partial charge in [-0.2, -0.15) is 5.26 Å². The van der Waals surface area contributed by atoms with Crippen molar-refractivity contribution in [2.24, 2.45) is 0 Å². The fraction of sp³-hybridized carbons (Fsp3) is 0.381. The Bertz CT molecular complexity index is 700. The summed E-state index contributed by atoms with van der Waals surface area (Å²) in [5, 5.41) is 12.3. The lowest BCUT2D eigenvalue weighted by Gasteiger charge is -2.30. The largest absolute Gasteiger partial charge is 0.494 e. The van der Waals surface area contributed by atoms with Crippen molar-refractivity contribution in [3.8, 4) is 11.8 Å². The molecule has 0 radical (unpaired) electrons. The van der Waals surface area contributed by atoms with Crippen molar-refractivity contribution < 1.29 is 4.74 Å². The molecule has 0 spiro atoms. The van der Waals surface area contributed by atoms with E-state index in [9.17, 15) is 0 Å². The maximum Gasteiger partial charge on any atom is 0.119 e. The molecule has 4 heteroatoms. The zero-order valence-corrected chi connectivity index (χ0v) is 14.6. The predicted molar refractivity (Wildman–Crippen MR) is 102 cm³/mol. The number of anilines is 2. The fourth-order valence-corrected chi connectivity index (χ4v) is 3.14. The summed E-state index contributed by atoms with van der Waals surface area (Å²) in [7, 11) is 0. The first-order valence-corrected chi connectivity index (χ1v) is 9.07. The van der Waals surface area contributed by atoms with E-state index >= 15 is 0 Å². The molecule has 0 atom stereocenters. The van der Waals surface area contributed by atoms with Crippen molar-refractivity contribution >= 4 is 11.4 Å². The van der Waals surface area contributed by atoms with E-state index in [1.165, 1.54) is 30.6 Å². The lowest BCUT2D eigenvalue weighted by atomic mass is 10.1. The summed E-state index contributed by atoms with van der Waals surface area (Å²) in [6.45, 7) is 3.84. The van der Waals surface area contributed by atoms with Gasteiger partial charge in [-0.15, -0.1) is 0 Å². The van der Waals surface area contributed by atoms with Gasteiger partial charge in [0, 0.05) is 19.6 Å². The van der Waals surface area contributed by atoms with Crippen molar-refractivity contribution in [2.45, 2.75) is 25.7 Å². The van der Waals surface area contributed by atoms with Gasteiger partial charge >= 0.3 is 0 Å². The molecule has 2 aromatic carbocycles. The van der Waals surface area contributed by atoms with Gasteiger partial charge in [0.1, 0.15) is 5.75 Å². The van der Waals surface area contributed by atoms with E-state index in [1.54, 1.807) is 12.1 Å². The molecular formula is C21H25N3O. The number of piperidine rings is 1. The first kappa shape index (κ1) is 17.2. The van der Waals surface area contributed by atoms with Gasteiger partial charge in [-0.3, -0.25) is 0 Å². The Morgan fingerprint density at radius 1 is 1.00 bits per heavy atom. The smallest absolute Gasteiger partial charge is 0.119 e. The summed E-state index contributed by atoms with van der Waals surface area (Å²) in [6.07, 6.45) is 4.84. The molecule has 2 aromatic rings. The van der Waals surface area contributed by atoms with E-state index in [0.717, 1.165) is 31.8 Å². The van der Waals surface area contributed by atoms with Crippen LogP contribution in [0, 0.1) is 11.3 Å². The molecule has 0 saturated carbocycles. The van der Waals surface area contributed by atoms with Crippen LogP contribution in [0.25, 0.3) is 0 Å².